The predicted octanol–water partition coefficient (Wildman–Crippen LogP) is 10.4. The van der Waals surface area contributed by atoms with Crippen LogP contribution in [0.15, 0.2) is 60.8 Å². The largest absolute Gasteiger partial charge is 0.756 e. The highest BCUT2D eigenvalue weighted by atomic mass is 31.2. The van der Waals surface area contributed by atoms with Crippen molar-refractivity contribution in [3.05, 3.63) is 60.8 Å². The van der Waals surface area contributed by atoms with Gasteiger partial charge in [0.25, 0.3) is 7.82 Å². The van der Waals surface area contributed by atoms with Crippen LogP contribution in [0.5, 0.6) is 0 Å². The first-order chi connectivity index (χ1) is 25.8. The zero-order valence-corrected chi connectivity index (χ0v) is 34.5. The summed E-state index contributed by atoms with van der Waals surface area (Å²) in [6, 6.07) is 0. The second-order valence-electron chi connectivity index (χ2n) is 13.5. The highest BCUT2D eigenvalue weighted by molar-refractivity contribution is 7.45. The van der Waals surface area contributed by atoms with E-state index in [2.05, 4.69) is 74.3 Å². The molecule has 3 N–H and O–H groups in total. The van der Waals surface area contributed by atoms with Crippen molar-refractivity contribution in [2.24, 2.45) is 0 Å². The zero-order chi connectivity index (χ0) is 38.9. The molecule has 0 aromatic carbocycles. The topological polar surface area (TPSA) is 139 Å². The SMILES string of the molecule is CC/C=C\C/C=C\C/C=C\C/C=C\C/C=C\CCCC(=O)O[C@H](COC(=O)CCCCCCCCCCCCCCCCC)COP(=O)([O-])OCC[NH3+]. The minimum Gasteiger partial charge on any atom is -0.756 e. The quantitative estimate of drug-likeness (QED) is 0.0284. The average molecular weight is 766 g/mol. The first kappa shape index (κ1) is 50.7. The summed E-state index contributed by atoms with van der Waals surface area (Å²) in [4.78, 5) is 36.9. The van der Waals surface area contributed by atoms with Crippen LogP contribution in [0.3, 0.4) is 0 Å². The van der Waals surface area contributed by atoms with Crippen molar-refractivity contribution in [3.63, 3.8) is 0 Å². The number of rotatable bonds is 38. The summed E-state index contributed by atoms with van der Waals surface area (Å²) in [5, 5.41) is 0. The zero-order valence-electron chi connectivity index (χ0n) is 33.6. The van der Waals surface area contributed by atoms with Gasteiger partial charge in [-0.3, -0.25) is 14.2 Å². The third kappa shape index (κ3) is 39.2. The van der Waals surface area contributed by atoms with Gasteiger partial charge in [0.05, 0.1) is 13.2 Å². The van der Waals surface area contributed by atoms with E-state index in [1.807, 2.05) is 6.08 Å². The van der Waals surface area contributed by atoms with Crippen LogP contribution in [0.4, 0.5) is 0 Å². The maximum Gasteiger partial charge on any atom is 0.306 e. The first-order valence-electron chi connectivity index (χ1n) is 20.8. The van der Waals surface area contributed by atoms with Crippen molar-refractivity contribution in [1.29, 1.82) is 0 Å². The molecule has 0 spiro atoms. The molecule has 0 saturated heterocycles. The summed E-state index contributed by atoms with van der Waals surface area (Å²) in [6.45, 7) is 3.75. The van der Waals surface area contributed by atoms with Crippen molar-refractivity contribution in [1.82, 2.24) is 0 Å². The van der Waals surface area contributed by atoms with Gasteiger partial charge in [-0.25, -0.2) is 0 Å². The molecule has 0 rings (SSSR count). The van der Waals surface area contributed by atoms with Crippen molar-refractivity contribution in [3.8, 4) is 0 Å². The molecule has 0 aliphatic rings. The number of ether oxygens (including phenoxy) is 2. The van der Waals surface area contributed by atoms with Crippen LogP contribution in [-0.2, 0) is 32.7 Å². The molecule has 0 heterocycles. The molecule has 9 nitrogen and oxygen atoms in total. The van der Waals surface area contributed by atoms with Gasteiger partial charge in [-0.2, -0.15) is 0 Å². The minimum atomic E-state index is -4.60. The first-order valence-corrected chi connectivity index (χ1v) is 22.3. The van der Waals surface area contributed by atoms with Gasteiger partial charge in [0.2, 0.25) is 0 Å². The monoisotopic (exact) mass is 766 g/mol. The highest BCUT2D eigenvalue weighted by Crippen LogP contribution is 2.38. The molecule has 0 aromatic rings. The van der Waals surface area contributed by atoms with Crippen molar-refractivity contribution < 1.29 is 43.3 Å². The summed E-state index contributed by atoms with van der Waals surface area (Å²) in [5.74, 6) is -0.915. The number of esters is 2. The number of phosphoric acid groups is 1. The van der Waals surface area contributed by atoms with E-state index >= 15 is 0 Å². The van der Waals surface area contributed by atoms with E-state index in [1.54, 1.807) is 0 Å². The van der Waals surface area contributed by atoms with E-state index in [0.29, 0.717) is 12.8 Å². The Hall–Kier alpha value is -2.29. The third-order valence-corrected chi connectivity index (χ3v) is 9.40. The third-order valence-electron chi connectivity index (χ3n) is 8.43. The van der Waals surface area contributed by atoms with Crippen molar-refractivity contribution >= 4 is 19.8 Å². The molecule has 0 aliphatic carbocycles. The summed E-state index contributed by atoms with van der Waals surface area (Å²) in [7, 11) is -4.60. The number of quaternary nitrogens is 1. The van der Waals surface area contributed by atoms with Crippen LogP contribution >= 0.6 is 7.82 Å². The number of carbonyl (C=O) groups excluding carboxylic acids is 2. The van der Waals surface area contributed by atoms with Crippen LogP contribution in [0.25, 0.3) is 0 Å². The lowest BCUT2D eigenvalue weighted by Gasteiger charge is -2.25. The lowest BCUT2D eigenvalue weighted by atomic mass is 10.0. The normalized spacial score (nSPS) is 14.0. The molecule has 0 fully saturated rings. The maximum atomic E-state index is 12.5. The van der Waals surface area contributed by atoms with Gasteiger partial charge >= 0.3 is 11.9 Å². The van der Waals surface area contributed by atoms with E-state index in [0.717, 1.165) is 51.4 Å². The van der Waals surface area contributed by atoms with E-state index in [-0.39, 0.29) is 32.6 Å². The molecule has 0 aliphatic heterocycles. The molecule has 1 unspecified atom stereocenters. The number of allylic oxidation sites excluding steroid dienone is 10. The summed E-state index contributed by atoms with van der Waals surface area (Å²) in [5.41, 5.74) is 3.54. The van der Waals surface area contributed by atoms with Crippen molar-refractivity contribution in [2.75, 3.05) is 26.4 Å². The Morgan fingerprint density at radius 1 is 0.585 bits per heavy atom. The Balaban J connectivity index is 4.28. The molecule has 2 atom stereocenters. The molecule has 0 bridgehead atoms. The molecule has 0 amide bonds. The number of phosphoric ester groups is 1. The smallest absolute Gasteiger partial charge is 0.306 e. The van der Waals surface area contributed by atoms with Crippen LogP contribution in [0.1, 0.15) is 168 Å². The summed E-state index contributed by atoms with van der Waals surface area (Å²) in [6.07, 6.45) is 45.3. The van der Waals surface area contributed by atoms with E-state index in [1.165, 1.54) is 77.0 Å². The van der Waals surface area contributed by atoms with Gasteiger partial charge in [-0.05, 0) is 51.4 Å². The van der Waals surface area contributed by atoms with Crippen LogP contribution in [0, 0.1) is 0 Å². The highest BCUT2D eigenvalue weighted by Gasteiger charge is 2.21. The summed E-state index contributed by atoms with van der Waals surface area (Å²) >= 11 is 0. The Morgan fingerprint density at radius 3 is 1.53 bits per heavy atom. The van der Waals surface area contributed by atoms with Crippen molar-refractivity contribution in [2.45, 2.75) is 174 Å². The predicted molar refractivity (Wildman–Crippen MR) is 216 cm³/mol. The Labute approximate surface area is 323 Å². The van der Waals surface area contributed by atoms with E-state index in [9.17, 15) is 19.0 Å². The molecule has 0 saturated carbocycles. The van der Waals surface area contributed by atoms with Gasteiger partial charge in [-0.1, -0.05) is 164 Å². The maximum absolute atomic E-state index is 12.5. The minimum absolute atomic E-state index is 0.116. The second-order valence-corrected chi connectivity index (χ2v) is 14.9. The van der Waals surface area contributed by atoms with Gasteiger partial charge in [0.15, 0.2) is 6.10 Å². The van der Waals surface area contributed by atoms with E-state index < -0.39 is 32.5 Å². The second kappa shape index (κ2) is 39.4. The Kier molecular flexibility index (Phi) is 37.7. The van der Waals surface area contributed by atoms with Crippen LogP contribution in [-0.4, -0.2) is 44.4 Å². The molecular formula is C43H76NO8P. The van der Waals surface area contributed by atoms with E-state index in [4.69, 9.17) is 18.5 Å². The fourth-order valence-electron chi connectivity index (χ4n) is 5.38. The number of unbranched alkanes of at least 4 members (excludes halogenated alkanes) is 15. The average Bonchev–Trinajstić information content (AvgIpc) is 3.14. The number of carbonyl (C=O) groups is 2. The Morgan fingerprint density at radius 2 is 1.04 bits per heavy atom. The molecule has 0 aromatic heterocycles. The van der Waals surface area contributed by atoms with Gasteiger partial charge < -0.3 is 29.1 Å². The Bertz CT molecular complexity index is 1050. The van der Waals surface area contributed by atoms with Gasteiger partial charge in [0.1, 0.15) is 13.2 Å². The lowest BCUT2D eigenvalue weighted by Crippen LogP contribution is -2.52. The standard InChI is InChI=1S/C43H76NO8P/c1-3-5-7-9-11-13-15-17-19-20-22-24-26-28-30-32-34-36-43(46)52-41(40-51-53(47,48)50-38-37-44)39-49-42(45)35-33-31-29-27-25-23-21-18-16-14-12-10-8-6-4-2/h5,7,11,13,17,19,22,24,28,30,41H,3-4,6,8-10,12,14-16,18,20-21,23,25-27,29,31-40,44H2,1-2H3,(H,47,48)/b7-5-,13-11-,19-17-,24-22-,30-28-/t41-/m1/s1. The molecule has 53 heavy (non-hydrogen) atoms. The lowest BCUT2D eigenvalue weighted by molar-refractivity contribution is -0.373. The molecule has 10 heteroatoms. The molecule has 306 valence electrons. The van der Waals surface area contributed by atoms with Crippen LogP contribution < -0.4 is 10.6 Å². The number of hydrogen-bond donors (Lipinski definition) is 1. The molecule has 0 radical (unpaired) electrons. The molecular weight excluding hydrogens is 689 g/mol. The fourth-order valence-corrected chi connectivity index (χ4v) is 6.16. The summed E-state index contributed by atoms with van der Waals surface area (Å²) < 4.78 is 32.4. The fraction of sp³-hybridized carbons (Fsp3) is 0.721. The van der Waals surface area contributed by atoms with Gasteiger partial charge in [-0.15, -0.1) is 0 Å². The van der Waals surface area contributed by atoms with Gasteiger partial charge in [0, 0.05) is 12.8 Å². The number of hydrogen-bond acceptors (Lipinski definition) is 8. The van der Waals surface area contributed by atoms with Crippen LogP contribution in [0.2, 0.25) is 0 Å².